The maximum absolute atomic E-state index is 12.6. The second-order valence-corrected chi connectivity index (χ2v) is 36.5. The first kappa shape index (κ1) is 99.0. The predicted octanol–water partition coefficient (Wildman–Crippen LogP) is 18.5. The van der Waals surface area contributed by atoms with Crippen LogP contribution in [0.3, 0.4) is 0 Å². The van der Waals surface area contributed by atoms with Crippen LogP contribution in [0.2, 0.25) is 0 Å². The third-order valence-corrected chi connectivity index (χ3v) is 25.0. The molecule has 16 rings (SSSR count). The fraction of sp³-hybridized carbons (Fsp3) is 0.273. The van der Waals surface area contributed by atoms with Gasteiger partial charge in [-0.3, -0.25) is 24.0 Å². The van der Waals surface area contributed by atoms with Crippen LogP contribution in [-0.2, 0) is 19.1 Å². The minimum atomic E-state index is -1.02. The number of nitrogens with one attached hydrogen (secondary N) is 4. The molecule has 8 heterocycles. The van der Waals surface area contributed by atoms with Crippen molar-refractivity contribution in [2.24, 2.45) is 0 Å². The lowest BCUT2D eigenvalue weighted by molar-refractivity contribution is -0.126. The first-order valence-corrected chi connectivity index (χ1v) is 46.8. The summed E-state index contributed by atoms with van der Waals surface area (Å²) in [6.07, 6.45) is 1.74. The molecule has 0 radical (unpaired) electrons. The highest BCUT2D eigenvalue weighted by Gasteiger charge is 2.33. The minimum Gasteiger partial charge on any atom is -0.477 e. The monoisotopic (exact) mass is 1910 g/mol. The lowest BCUT2D eigenvalue weighted by Gasteiger charge is -2.35. The van der Waals surface area contributed by atoms with E-state index in [4.69, 9.17) is 55.0 Å². The summed E-state index contributed by atoms with van der Waals surface area (Å²) >= 11 is 10.0. The highest BCUT2D eigenvalue weighted by Crippen LogP contribution is 2.41. The Hall–Kier alpha value is -14.0. The number of para-hydroxylation sites is 4. The van der Waals surface area contributed by atoms with E-state index < -0.39 is 22.4 Å². The molecule has 0 unspecified atom stereocenters. The van der Waals surface area contributed by atoms with Crippen molar-refractivity contribution in [2.45, 2.75) is 52.7 Å². The molecule has 4 fully saturated rings. The number of amides is 6. The summed E-state index contributed by atoms with van der Waals surface area (Å²) < 4.78 is 34.4. The van der Waals surface area contributed by atoms with Gasteiger partial charge in [-0.1, -0.05) is 131 Å². The number of allylic oxidation sites excluding steroid dienone is 1. The topological polar surface area (TPSA) is 335 Å². The summed E-state index contributed by atoms with van der Waals surface area (Å²) in [5.74, 6) is 4.30. The molecule has 5 N–H and O–H groups in total. The van der Waals surface area contributed by atoms with Crippen molar-refractivity contribution in [3.05, 3.63) is 263 Å². The fourth-order valence-corrected chi connectivity index (χ4v) is 17.9. The Morgan fingerprint density at radius 1 is 0.351 bits per heavy atom. The molecule has 4 aliphatic rings. The average Bonchev–Trinajstić information content (AvgIpc) is 1.66. The van der Waals surface area contributed by atoms with E-state index in [-0.39, 0.29) is 40.7 Å². The molecular formula is C99H106ClN15O15S4. The Morgan fingerprint density at radius 2 is 0.582 bits per heavy atom. The van der Waals surface area contributed by atoms with Gasteiger partial charge in [-0.15, -0.1) is 0 Å². The predicted molar refractivity (Wildman–Crippen MR) is 529 cm³/mol. The molecule has 0 saturated carbocycles. The van der Waals surface area contributed by atoms with Gasteiger partial charge < -0.3 is 89.1 Å². The molecule has 0 aliphatic carbocycles. The standard InChI is InChI=1S/C26H30N4O4S.C25H27N3O5S.C24H24N4O3S.C21H22N4O2S.C3H3ClO/c1-26(2,3)34-25(32)30-16-14-29(15-17-30)24-28-21(22(35-24)23(31)27-4)18-10-12-20(13-11-18)33-19-8-6-5-7-9-19;1-25(2,3)33-24(31)28-15-13-27(14-16-28)23-26-20(21(34-23)22(29)30)17-9-11-19(12-10-17)32-18-7-5-4-6-8-18;1-3-20(29)27-13-15-28(16-14-27)24-26-21(22(32-24)23(30)25-2)17-9-11-19(12-10-17)31-18-7-5-4-6-8-18;1-22-20(26)19-18(24-21(28-19)25-13-11-23-12-14-25)15-7-9-17(10-8-15)27-16-5-3-2-4-6-16;1-2-3(4)5/h5-13H,14-17H2,1-4H3,(H,27,31);4-12H,13-16H2,1-3H3,(H,29,30);3-12H,1,13-16H2,2H3,(H,25,30);2-10,23H,11-14H2,1H3,(H,22,26);2H,1H2. The number of halogens is 1. The Bertz CT molecular complexity index is 5950. The number of hydrogen-bond donors (Lipinski definition) is 5. The maximum atomic E-state index is 12.6. The SMILES string of the molecule is C=CC(=O)Cl.C=CC(=O)N1CCN(c2nc(-c3ccc(Oc4ccccc4)cc3)c(C(=O)NC)s2)CC1.CC(C)(C)OC(=O)N1CCN(c2nc(-c3ccc(Oc4ccccc4)cc3)c(C(=O)O)s2)CC1.CNC(=O)c1sc(N2CCN(C(=O)OC(C)(C)C)CC2)nc1-c1ccc(Oc2ccccc2)cc1.CNC(=O)c1sc(N2CCNCC2)nc1-c1ccc(Oc2ccccc2)cc1. The van der Waals surface area contributed by atoms with E-state index in [2.05, 4.69) is 54.1 Å². The van der Waals surface area contributed by atoms with Gasteiger partial charge >= 0.3 is 18.2 Å². The van der Waals surface area contributed by atoms with Crippen molar-refractivity contribution in [1.82, 2.24) is 55.9 Å². The number of carboxylic acid groups (broad SMARTS) is 1. The van der Waals surface area contributed by atoms with Crippen molar-refractivity contribution >= 4 is 125 Å². The van der Waals surface area contributed by atoms with Crippen molar-refractivity contribution in [3.63, 3.8) is 0 Å². The van der Waals surface area contributed by atoms with Crippen LogP contribution in [0.15, 0.2) is 244 Å². The number of aromatic carboxylic acids is 1. The lowest BCUT2D eigenvalue weighted by atomic mass is 10.1. The van der Waals surface area contributed by atoms with Crippen LogP contribution in [0.25, 0.3) is 45.0 Å². The summed E-state index contributed by atoms with van der Waals surface area (Å²) in [6.45, 7) is 28.2. The molecule has 4 aromatic heterocycles. The number of carbonyl (C=O) groups excluding carboxylic acids is 7. The Morgan fingerprint density at radius 3 is 0.813 bits per heavy atom. The van der Waals surface area contributed by atoms with Gasteiger partial charge in [0.2, 0.25) is 11.1 Å². The number of hydrogen-bond acceptors (Lipinski definition) is 27. The third-order valence-electron chi connectivity index (χ3n) is 20.4. The number of aromatic nitrogens is 4. The molecule has 4 saturated heterocycles. The summed E-state index contributed by atoms with van der Waals surface area (Å²) in [7, 11) is 4.87. The molecule has 12 aromatic rings. The van der Waals surface area contributed by atoms with E-state index in [0.717, 1.165) is 104 Å². The average molecular weight is 1910 g/mol. The normalized spacial score (nSPS) is 13.6. The second-order valence-electron chi connectivity index (χ2n) is 32.2. The molecule has 6 amide bonds. The van der Waals surface area contributed by atoms with E-state index in [1.165, 1.54) is 40.1 Å². The number of carbonyl (C=O) groups is 8. The van der Waals surface area contributed by atoms with E-state index >= 15 is 0 Å². The molecular weight excluding hydrogens is 1800 g/mol. The smallest absolute Gasteiger partial charge is 0.410 e. The summed E-state index contributed by atoms with van der Waals surface area (Å²) in [5.41, 5.74) is 4.61. The first-order chi connectivity index (χ1) is 64.5. The van der Waals surface area contributed by atoms with Gasteiger partial charge in [0, 0.05) is 148 Å². The molecule has 35 heteroatoms. The van der Waals surface area contributed by atoms with Crippen LogP contribution in [-0.4, -0.2) is 224 Å². The quantitative estimate of drug-likeness (QED) is 0.0311. The molecule has 30 nitrogen and oxygen atoms in total. The minimum absolute atomic E-state index is 0.0617. The van der Waals surface area contributed by atoms with E-state index in [1.807, 2.05) is 253 Å². The van der Waals surface area contributed by atoms with Gasteiger partial charge in [-0.2, -0.15) is 0 Å². The highest BCUT2D eigenvalue weighted by atomic mass is 35.5. The molecule has 0 spiro atoms. The summed E-state index contributed by atoms with van der Waals surface area (Å²) in [5, 5.41) is 23.8. The number of nitrogens with zero attached hydrogens (tertiary/aromatic N) is 11. The Labute approximate surface area is 799 Å². The van der Waals surface area contributed by atoms with Crippen LogP contribution >= 0.6 is 56.9 Å². The Kier molecular flexibility index (Phi) is 35.0. The lowest BCUT2D eigenvalue weighted by Crippen LogP contribution is -2.50. The number of ether oxygens (including phenoxy) is 6. The van der Waals surface area contributed by atoms with Crippen molar-refractivity contribution < 1.29 is 71.9 Å². The number of piperazine rings is 4. The van der Waals surface area contributed by atoms with Crippen LogP contribution in [0, 0.1) is 0 Å². The second kappa shape index (κ2) is 47.4. The summed E-state index contributed by atoms with van der Waals surface area (Å²) in [4.78, 5) is 130. The molecule has 8 aromatic carbocycles. The largest absolute Gasteiger partial charge is 0.477 e. The van der Waals surface area contributed by atoms with Gasteiger partial charge in [0.1, 0.15) is 76.7 Å². The van der Waals surface area contributed by atoms with Crippen LogP contribution in [0.1, 0.15) is 80.2 Å². The summed E-state index contributed by atoms with van der Waals surface area (Å²) in [6, 6.07) is 68.3. The van der Waals surface area contributed by atoms with Crippen LogP contribution in [0.4, 0.5) is 30.1 Å². The van der Waals surface area contributed by atoms with Crippen LogP contribution in [0.5, 0.6) is 46.0 Å². The maximum Gasteiger partial charge on any atom is 0.410 e. The molecule has 0 bridgehead atoms. The van der Waals surface area contributed by atoms with Gasteiger partial charge in [0.05, 0.1) is 22.8 Å². The van der Waals surface area contributed by atoms with Crippen molar-refractivity contribution in [2.75, 3.05) is 145 Å². The van der Waals surface area contributed by atoms with Crippen LogP contribution < -0.4 is 59.8 Å². The first-order valence-electron chi connectivity index (χ1n) is 43.2. The zero-order chi connectivity index (χ0) is 95.4. The number of rotatable bonds is 22. The van der Waals surface area contributed by atoms with E-state index in [9.17, 15) is 43.5 Å². The number of benzene rings is 8. The van der Waals surface area contributed by atoms with Gasteiger partial charge in [0.15, 0.2) is 20.5 Å². The van der Waals surface area contributed by atoms with Gasteiger partial charge in [0.25, 0.3) is 17.7 Å². The molecule has 134 heavy (non-hydrogen) atoms. The number of anilines is 4. The molecule has 4 aliphatic heterocycles. The van der Waals surface area contributed by atoms with Gasteiger partial charge in [-0.05, 0) is 211 Å². The van der Waals surface area contributed by atoms with Crippen molar-refractivity contribution in [3.8, 4) is 91.0 Å². The molecule has 0 atom stereocenters. The fourth-order valence-electron chi connectivity index (χ4n) is 13.6. The van der Waals surface area contributed by atoms with Gasteiger partial charge in [-0.25, -0.2) is 34.3 Å². The number of thiazole rings is 4. The highest BCUT2D eigenvalue weighted by molar-refractivity contribution is 7.19. The zero-order valence-electron chi connectivity index (χ0n) is 75.8. The third kappa shape index (κ3) is 28.0. The van der Waals surface area contributed by atoms with E-state index in [0.29, 0.717) is 144 Å². The number of carboxylic acids is 1. The Balaban J connectivity index is 0.000000158. The van der Waals surface area contributed by atoms with Crippen molar-refractivity contribution in [1.29, 1.82) is 0 Å². The zero-order valence-corrected chi connectivity index (χ0v) is 79.8. The molecule has 698 valence electrons. The van der Waals surface area contributed by atoms with E-state index in [1.54, 1.807) is 48.0 Å².